The van der Waals surface area contributed by atoms with Gasteiger partial charge in [0.2, 0.25) is 0 Å². The molecular weight excluding hydrogens is 1000 g/mol. The Bertz CT molecular complexity index is 1720. The Labute approximate surface area is 475 Å². The van der Waals surface area contributed by atoms with Crippen molar-refractivity contribution < 1.29 is 52.2 Å². The fraction of sp³-hybridized carbons (Fsp3) is 0.682. The SMILES string of the molecule is CC/C=C\C/C=C\C/C=C\C/C=C\C/C=C\CCCCCC(=O)OCC(COP(=O)(O)OCC(CO)OC(=O)CCCCCCC/C=C\CCCCCCCC)OC(=O)CCCCCCCCC/C=C\C/C=C\C/C=C\CC. The van der Waals surface area contributed by atoms with Crippen LogP contribution in [-0.2, 0) is 42.2 Å². The highest BCUT2D eigenvalue weighted by Crippen LogP contribution is 2.43. The Hall–Kier alpha value is -3.86. The Morgan fingerprint density at radius 1 is 0.372 bits per heavy atom. The van der Waals surface area contributed by atoms with E-state index in [9.17, 15) is 28.9 Å². The number of hydrogen-bond acceptors (Lipinski definition) is 10. The van der Waals surface area contributed by atoms with E-state index in [1.807, 2.05) is 0 Å². The third-order valence-electron chi connectivity index (χ3n) is 12.7. The maximum absolute atomic E-state index is 12.9. The molecule has 0 aromatic carbocycles. The molecule has 3 atom stereocenters. The number of allylic oxidation sites excluding steroid dienone is 18. The number of esters is 3. The van der Waals surface area contributed by atoms with Crippen LogP contribution in [0.5, 0.6) is 0 Å². The lowest BCUT2D eigenvalue weighted by molar-refractivity contribution is -0.161. The molecule has 0 bridgehead atoms. The van der Waals surface area contributed by atoms with E-state index in [0.717, 1.165) is 154 Å². The summed E-state index contributed by atoms with van der Waals surface area (Å²) in [5.74, 6) is -1.53. The van der Waals surface area contributed by atoms with Gasteiger partial charge in [0.25, 0.3) is 0 Å². The molecule has 0 saturated carbocycles. The first kappa shape index (κ1) is 74.1. The van der Waals surface area contributed by atoms with Crippen molar-refractivity contribution in [2.75, 3.05) is 26.4 Å². The van der Waals surface area contributed by atoms with Crippen molar-refractivity contribution in [1.82, 2.24) is 0 Å². The molecule has 0 aliphatic rings. The zero-order chi connectivity index (χ0) is 56.9. The number of ether oxygens (including phenoxy) is 3. The van der Waals surface area contributed by atoms with Crippen LogP contribution in [0.15, 0.2) is 109 Å². The third kappa shape index (κ3) is 56.8. The molecule has 2 N–H and O–H groups in total. The average molecular weight is 1110 g/mol. The van der Waals surface area contributed by atoms with Crippen LogP contribution in [0, 0.1) is 0 Å². The first-order chi connectivity index (χ1) is 38.2. The summed E-state index contributed by atoms with van der Waals surface area (Å²) in [6.07, 6.45) is 71.8. The molecule has 446 valence electrons. The largest absolute Gasteiger partial charge is 0.472 e. The first-order valence-corrected chi connectivity index (χ1v) is 32.3. The fourth-order valence-corrected chi connectivity index (χ4v) is 8.82. The zero-order valence-corrected chi connectivity index (χ0v) is 50.2. The number of aliphatic hydroxyl groups excluding tert-OH is 1. The molecule has 0 rings (SSSR count). The Balaban J connectivity index is 4.80. The van der Waals surface area contributed by atoms with Crippen molar-refractivity contribution in [2.45, 2.75) is 264 Å². The lowest BCUT2D eigenvalue weighted by Crippen LogP contribution is -2.30. The molecule has 0 aliphatic carbocycles. The molecule has 0 radical (unpaired) electrons. The highest BCUT2D eigenvalue weighted by molar-refractivity contribution is 7.47. The normalized spacial score (nSPS) is 14.1. The van der Waals surface area contributed by atoms with Gasteiger partial charge in [-0.3, -0.25) is 23.4 Å². The maximum atomic E-state index is 12.9. The second-order valence-corrected chi connectivity index (χ2v) is 21.6. The number of carbonyl (C=O) groups excluding carboxylic acids is 3. The first-order valence-electron chi connectivity index (χ1n) is 30.8. The quantitative estimate of drug-likeness (QED) is 0.0197. The van der Waals surface area contributed by atoms with Crippen LogP contribution in [0.1, 0.15) is 252 Å². The van der Waals surface area contributed by atoms with E-state index in [4.69, 9.17) is 23.3 Å². The van der Waals surface area contributed by atoms with Crippen LogP contribution in [0.25, 0.3) is 0 Å². The smallest absolute Gasteiger partial charge is 0.462 e. The van der Waals surface area contributed by atoms with Gasteiger partial charge in [-0.25, -0.2) is 4.57 Å². The predicted molar refractivity (Wildman–Crippen MR) is 325 cm³/mol. The standard InChI is InChI=1S/C66H111O11P/c1-4-7-10-13-16-19-22-25-28-30-31-33-35-37-40-43-46-49-52-55-64(68)73-59-63(77-66(70)57-54-51-48-45-42-39-36-32-29-26-23-20-17-14-11-8-5-2)61-75-78(71,72)74-60-62(58-67)76-65(69)56-53-50-47-44-41-38-34-27-24-21-18-15-12-9-6-3/h7-8,10-11,16-17,19-20,25-29,31,33-34,37,40,62-63,67H,4-6,9,12-15,18,21-24,30,32,35-36,38-39,41-61H2,1-3H3,(H,71,72)/b10-7-,11-8-,19-16-,20-17-,28-25-,29-26-,33-31-,34-27-,40-37-. The second-order valence-electron chi connectivity index (χ2n) is 20.1. The van der Waals surface area contributed by atoms with Gasteiger partial charge >= 0.3 is 25.7 Å². The topological polar surface area (TPSA) is 155 Å². The molecule has 0 aliphatic heterocycles. The van der Waals surface area contributed by atoms with Gasteiger partial charge in [0.15, 0.2) is 6.10 Å². The number of phosphoric ester groups is 1. The van der Waals surface area contributed by atoms with Crippen molar-refractivity contribution in [3.63, 3.8) is 0 Å². The fourth-order valence-electron chi connectivity index (χ4n) is 8.04. The summed E-state index contributed by atoms with van der Waals surface area (Å²) in [5.41, 5.74) is 0. The molecule has 3 unspecified atom stereocenters. The summed E-state index contributed by atoms with van der Waals surface area (Å²) in [6, 6.07) is 0. The van der Waals surface area contributed by atoms with Crippen molar-refractivity contribution in [2.24, 2.45) is 0 Å². The summed E-state index contributed by atoms with van der Waals surface area (Å²) in [6.45, 7) is 4.37. The molecular formula is C66H111O11P. The number of aliphatic hydroxyl groups is 1. The highest BCUT2D eigenvalue weighted by Gasteiger charge is 2.28. The van der Waals surface area contributed by atoms with Crippen LogP contribution < -0.4 is 0 Å². The molecule has 12 heteroatoms. The second kappa shape index (κ2) is 59.3. The van der Waals surface area contributed by atoms with E-state index in [1.54, 1.807) is 0 Å². The lowest BCUT2D eigenvalue weighted by Gasteiger charge is -2.21. The van der Waals surface area contributed by atoms with E-state index in [1.165, 1.54) is 38.5 Å². The minimum absolute atomic E-state index is 0.143. The van der Waals surface area contributed by atoms with Crippen LogP contribution in [0.3, 0.4) is 0 Å². The number of unbranched alkanes of at least 4 members (excludes halogenated alkanes) is 21. The molecule has 0 heterocycles. The Morgan fingerprint density at radius 2 is 0.667 bits per heavy atom. The minimum Gasteiger partial charge on any atom is -0.462 e. The van der Waals surface area contributed by atoms with E-state index >= 15 is 0 Å². The molecule has 0 aromatic heterocycles. The van der Waals surface area contributed by atoms with E-state index in [2.05, 4.69) is 130 Å². The summed E-state index contributed by atoms with van der Waals surface area (Å²) in [4.78, 5) is 48.7. The molecule has 78 heavy (non-hydrogen) atoms. The monoisotopic (exact) mass is 1110 g/mol. The molecule has 11 nitrogen and oxygen atoms in total. The van der Waals surface area contributed by atoms with Crippen molar-refractivity contribution >= 4 is 25.7 Å². The summed E-state index contributed by atoms with van der Waals surface area (Å²) < 4.78 is 39.6. The predicted octanol–water partition coefficient (Wildman–Crippen LogP) is 18.6. The summed E-state index contributed by atoms with van der Waals surface area (Å²) in [7, 11) is -4.77. The number of phosphoric acid groups is 1. The maximum Gasteiger partial charge on any atom is 0.472 e. The Kier molecular flexibility index (Phi) is 56.3. The van der Waals surface area contributed by atoms with Gasteiger partial charge in [-0.1, -0.05) is 220 Å². The van der Waals surface area contributed by atoms with E-state index < -0.39 is 57.8 Å². The van der Waals surface area contributed by atoms with E-state index in [-0.39, 0.29) is 25.9 Å². The van der Waals surface area contributed by atoms with Gasteiger partial charge in [0.1, 0.15) is 12.7 Å². The highest BCUT2D eigenvalue weighted by atomic mass is 31.2. The van der Waals surface area contributed by atoms with Crippen LogP contribution in [0.2, 0.25) is 0 Å². The average Bonchev–Trinajstić information content (AvgIpc) is 3.43. The number of hydrogen-bond donors (Lipinski definition) is 2. The van der Waals surface area contributed by atoms with Crippen molar-refractivity contribution in [3.05, 3.63) is 109 Å². The molecule has 0 amide bonds. The molecule has 0 aromatic rings. The van der Waals surface area contributed by atoms with Crippen molar-refractivity contribution in [3.8, 4) is 0 Å². The van der Waals surface area contributed by atoms with Gasteiger partial charge in [0.05, 0.1) is 19.8 Å². The van der Waals surface area contributed by atoms with Gasteiger partial charge in [-0.2, -0.15) is 0 Å². The number of rotatable bonds is 56. The van der Waals surface area contributed by atoms with Gasteiger partial charge in [0, 0.05) is 19.3 Å². The van der Waals surface area contributed by atoms with Crippen LogP contribution >= 0.6 is 7.82 Å². The minimum atomic E-state index is -4.77. The summed E-state index contributed by atoms with van der Waals surface area (Å²) >= 11 is 0. The van der Waals surface area contributed by atoms with Crippen molar-refractivity contribution in [1.29, 1.82) is 0 Å². The van der Waals surface area contributed by atoms with Gasteiger partial charge in [-0.15, -0.1) is 0 Å². The lowest BCUT2D eigenvalue weighted by atomic mass is 10.1. The number of carbonyl (C=O) groups is 3. The molecule has 0 spiro atoms. The van der Waals surface area contributed by atoms with Gasteiger partial charge < -0.3 is 24.2 Å². The molecule has 0 fully saturated rings. The third-order valence-corrected chi connectivity index (χ3v) is 13.6. The van der Waals surface area contributed by atoms with Crippen LogP contribution in [0.4, 0.5) is 0 Å². The van der Waals surface area contributed by atoms with Gasteiger partial charge in [-0.05, 0) is 122 Å². The zero-order valence-electron chi connectivity index (χ0n) is 49.3. The summed E-state index contributed by atoms with van der Waals surface area (Å²) in [5, 5.41) is 9.84. The van der Waals surface area contributed by atoms with E-state index in [0.29, 0.717) is 19.3 Å². The molecule has 0 saturated heterocycles. The Morgan fingerprint density at radius 3 is 1.05 bits per heavy atom. The van der Waals surface area contributed by atoms with Crippen LogP contribution in [-0.4, -0.2) is 66.5 Å².